The molecule has 0 aliphatic rings. The first-order valence-corrected chi connectivity index (χ1v) is 8.03. The lowest BCUT2D eigenvalue weighted by Crippen LogP contribution is -2.20. The lowest BCUT2D eigenvalue weighted by Gasteiger charge is -2.09. The average Bonchev–Trinajstić information content (AvgIpc) is 2.86. The van der Waals surface area contributed by atoms with Crippen LogP contribution >= 0.6 is 27.3 Å². The predicted molar refractivity (Wildman–Crippen MR) is 88.4 cm³/mol. The number of aromatic nitrogens is 2. The standard InChI is InChI=1S/C15H13BrN2O2S/c1-9-7-21-14-13(9)17-8-18(15(14)19)6-10-5-11(20-2)3-4-12(10)16/h3-5,7-8H,6H2,1-2H3. The first-order chi connectivity index (χ1) is 10.1. The van der Waals surface area contributed by atoms with Crippen LogP contribution in [0, 0.1) is 6.92 Å². The molecule has 0 atom stereocenters. The van der Waals surface area contributed by atoms with Gasteiger partial charge in [0.2, 0.25) is 0 Å². The largest absolute Gasteiger partial charge is 0.497 e. The number of ether oxygens (including phenoxy) is 1. The van der Waals surface area contributed by atoms with E-state index in [0.717, 1.165) is 26.9 Å². The number of halogens is 1. The second kappa shape index (κ2) is 5.61. The highest BCUT2D eigenvalue weighted by molar-refractivity contribution is 9.10. The first-order valence-electron chi connectivity index (χ1n) is 6.36. The second-order valence-corrected chi connectivity index (χ2v) is 6.47. The van der Waals surface area contributed by atoms with Crippen molar-refractivity contribution in [2.75, 3.05) is 7.11 Å². The van der Waals surface area contributed by atoms with Crippen molar-refractivity contribution in [3.63, 3.8) is 0 Å². The van der Waals surface area contributed by atoms with Gasteiger partial charge in [-0.1, -0.05) is 15.9 Å². The molecule has 2 heterocycles. The molecule has 6 heteroatoms. The van der Waals surface area contributed by atoms with E-state index in [1.165, 1.54) is 11.3 Å². The quantitative estimate of drug-likeness (QED) is 0.713. The minimum atomic E-state index is -0.00665. The molecule has 0 unspecified atom stereocenters. The summed E-state index contributed by atoms with van der Waals surface area (Å²) in [5, 5.41) is 1.96. The zero-order valence-corrected chi connectivity index (χ0v) is 14.0. The lowest BCUT2D eigenvalue weighted by atomic mass is 10.2. The Kier molecular flexibility index (Phi) is 3.82. The van der Waals surface area contributed by atoms with E-state index in [4.69, 9.17) is 4.74 Å². The van der Waals surface area contributed by atoms with Crippen molar-refractivity contribution in [1.29, 1.82) is 0 Å². The SMILES string of the molecule is COc1ccc(Br)c(Cn2cnc3c(C)csc3c2=O)c1. The van der Waals surface area contributed by atoms with Gasteiger partial charge >= 0.3 is 0 Å². The smallest absolute Gasteiger partial charge is 0.271 e. The Morgan fingerprint density at radius 2 is 2.24 bits per heavy atom. The molecule has 0 saturated heterocycles. The summed E-state index contributed by atoms with van der Waals surface area (Å²) in [6, 6.07) is 5.71. The van der Waals surface area contributed by atoms with Crippen LogP contribution in [0.1, 0.15) is 11.1 Å². The van der Waals surface area contributed by atoms with E-state index in [2.05, 4.69) is 20.9 Å². The highest BCUT2D eigenvalue weighted by Gasteiger charge is 2.10. The van der Waals surface area contributed by atoms with Crippen molar-refractivity contribution in [3.8, 4) is 5.75 Å². The van der Waals surface area contributed by atoms with E-state index in [1.54, 1.807) is 18.0 Å². The Morgan fingerprint density at radius 3 is 3.00 bits per heavy atom. The lowest BCUT2D eigenvalue weighted by molar-refractivity contribution is 0.414. The molecule has 2 aromatic heterocycles. The molecule has 0 N–H and O–H groups in total. The van der Waals surface area contributed by atoms with Gasteiger partial charge in [-0.05, 0) is 41.6 Å². The topological polar surface area (TPSA) is 44.1 Å². The van der Waals surface area contributed by atoms with Gasteiger partial charge in [-0.3, -0.25) is 9.36 Å². The Balaban J connectivity index is 2.06. The van der Waals surface area contributed by atoms with E-state index < -0.39 is 0 Å². The monoisotopic (exact) mass is 364 g/mol. The Morgan fingerprint density at radius 1 is 1.43 bits per heavy atom. The number of rotatable bonds is 3. The maximum atomic E-state index is 12.5. The van der Waals surface area contributed by atoms with Gasteiger partial charge in [0.15, 0.2) is 0 Å². The molecule has 108 valence electrons. The molecule has 0 fully saturated rings. The molecular formula is C15H13BrN2O2S. The average molecular weight is 365 g/mol. The molecule has 0 aliphatic heterocycles. The zero-order valence-electron chi connectivity index (χ0n) is 11.6. The van der Waals surface area contributed by atoms with Crippen LogP contribution in [0.15, 0.2) is 39.2 Å². The van der Waals surface area contributed by atoms with Gasteiger partial charge in [0, 0.05) is 4.47 Å². The summed E-state index contributed by atoms with van der Waals surface area (Å²) in [4.78, 5) is 16.9. The van der Waals surface area contributed by atoms with Crippen LogP contribution in [-0.2, 0) is 6.54 Å². The molecule has 3 aromatic rings. The van der Waals surface area contributed by atoms with Crippen LogP contribution in [0.25, 0.3) is 10.2 Å². The van der Waals surface area contributed by atoms with Crippen LogP contribution in [-0.4, -0.2) is 16.7 Å². The van der Waals surface area contributed by atoms with Gasteiger partial charge in [0.05, 0.1) is 25.5 Å². The van der Waals surface area contributed by atoms with Gasteiger partial charge in [-0.15, -0.1) is 11.3 Å². The fraction of sp³-hybridized carbons (Fsp3) is 0.200. The fourth-order valence-electron chi connectivity index (χ4n) is 2.16. The van der Waals surface area contributed by atoms with Crippen molar-refractivity contribution < 1.29 is 4.74 Å². The highest BCUT2D eigenvalue weighted by atomic mass is 79.9. The molecule has 0 saturated carbocycles. The summed E-state index contributed by atoms with van der Waals surface area (Å²) < 4.78 is 8.50. The third-order valence-corrected chi connectivity index (χ3v) is 5.17. The zero-order chi connectivity index (χ0) is 15.0. The Bertz CT molecular complexity index is 870. The minimum Gasteiger partial charge on any atom is -0.497 e. The molecule has 0 bridgehead atoms. The number of fused-ring (bicyclic) bond motifs is 1. The van der Waals surface area contributed by atoms with Gasteiger partial charge in [0.1, 0.15) is 10.4 Å². The van der Waals surface area contributed by atoms with Crippen molar-refractivity contribution in [3.05, 3.63) is 55.9 Å². The third kappa shape index (κ3) is 2.61. The molecule has 1 aromatic carbocycles. The summed E-state index contributed by atoms with van der Waals surface area (Å²) in [5.74, 6) is 0.766. The van der Waals surface area contributed by atoms with E-state index in [1.807, 2.05) is 30.5 Å². The number of thiophene rings is 1. The molecule has 21 heavy (non-hydrogen) atoms. The predicted octanol–water partition coefficient (Wildman–Crippen LogP) is 3.59. The summed E-state index contributed by atoms with van der Waals surface area (Å²) in [6.45, 7) is 2.42. The second-order valence-electron chi connectivity index (χ2n) is 4.73. The summed E-state index contributed by atoms with van der Waals surface area (Å²) in [6.07, 6.45) is 1.61. The summed E-state index contributed by atoms with van der Waals surface area (Å²) in [5.41, 5.74) is 2.81. The van der Waals surface area contributed by atoms with E-state index >= 15 is 0 Å². The summed E-state index contributed by atoms with van der Waals surface area (Å²) >= 11 is 4.95. The van der Waals surface area contributed by atoms with Crippen molar-refractivity contribution in [2.24, 2.45) is 0 Å². The number of methoxy groups -OCH3 is 1. The number of aryl methyl sites for hydroxylation is 1. The van der Waals surface area contributed by atoms with Crippen molar-refractivity contribution >= 4 is 37.5 Å². The molecule has 0 amide bonds. The van der Waals surface area contributed by atoms with Gasteiger partial charge < -0.3 is 4.74 Å². The van der Waals surface area contributed by atoms with Crippen LogP contribution in [0.5, 0.6) is 5.75 Å². The molecule has 3 rings (SSSR count). The molecule has 0 radical (unpaired) electrons. The number of hydrogen-bond donors (Lipinski definition) is 0. The van der Waals surface area contributed by atoms with Gasteiger partial charge in [-0.2, -0.15) is 0 Å². The van der Waals surface area contributed by atoms with Gasteiger partial charge in [-0.25, -0.2) is 4.98 Å². The number of hydrogen-bond acceptors (Lipinski definition) is 4. The minimum absolute atomic E-state index is 0.00665. The van der Waals surface area contributed by atoms with E-state index in [9.17, 15) is 4.79 Å². The maximum Gasteiger partial charge on any atom is 0.271 e. The highest BCUT2D eigenvalue weighted by Crippen LogP contribution is 2.24. The van der Waals surface area contributed by atoms with Crippen molar-refractivity contribution in [1.82, 2.24) is 9.55 Å². The van der Waals surface area contributed by atoms with Crippen LogP contribution in [0.2, 0.25) is 0 Å². The normalized spacial score (nSPS) is 11.0. The van der Waals surface area contributed by atoms with Crippen LogP contribution in [0.3, 0.4) is 0 Å². The van der Waals surface area contributed by atoms with Crippen LogP contribution in [0.4, 0.5) is 0 Å². The Labute approximate surface area is 134 Å². The first kappa shape index (κ1) is 14.3. The van der Waals surface area contributed by atoms with Crippen LogP contribution < -0.4 is 10.3 Å². The van der Waals surface area contributed by atoms with Gasteiger partial charge in [0.25, 0.3) is 5.56 Å². The maximum absolute atomic E-state index is 12.5. The third-order valence-electron chi connectivity index (χ3n) is 3.32. The number of nitrogens with zero attached hydrogens (tertiary/aromatic N) is 2. The molecule has 0 aliphatic carbocycles. The van der Waals surface area contributed by atoms with E-state index in [-0.39, 0.29) is 5.56 Å². The fourth-order valence-corrected chi connectivity index (χ4v) is 3.48. The van der Waals surface area contributed by atoms with E-state index in [0.29, 0.717) is 11.2 Å². The van der Waals surface area contributed by atoms with Crippen molar-refractivity contribution in [2.45, 2.75) is 13.5 Å². The molecule has 4 nitrogen and oxygen atoms in total. The molecule has 0 spiro atoms. The number of benzene rings is 1. The summed E-state index contributed by atoms with van der Waals surface area (Å²) in [7, 11) is 1.63. The Hall–Kier alpha value is -1.66. The molecular weight excluding hydrogens is 352 g/mol.